The highest BCUT2D eigenvalue weighted by molar-refractivity contribution is 5.69. The van der Waals surface area contributed by atoms with Crippen LogP contribution in [0.1, 0.15) is 0 Å². The van der Waals surface area contributed by atoms with Gasteiger partial charge in [-0.15, -0.1) is 0 Å². The van der Waals surface area contributed by atoms with Crippen LogP contribution in [-0.4, -0.2) is 14.3 Å². The molecule has 0 radical (unpaired) electrons. The van der Waals surface area contributed by atoms with Crippen LogP contribution in [0.2, 0.25) is 0 Å². The van der Waals surface area contributed by atoms with Gasteiger partial charge in [-0.05, 0) is 36.4 Å². The van der Waals surface area contributed by atoms with Crippen molar-refractivity contribution in [2.45, 2.75) is 0 Å². The molecule has 0 unspecified atom stereocenters. The maximum Gasteiger partial charge on any atom is 0.258 e. The minimum atomic E-state index is -0.358. The first-order valence-corrected chi connectivity index (χ1v) is 8.35. The number of pyridine rings is 1. The molecule has 0 aliphatic rings. The van der Waals surface area contributed by atoms with Crippen LogP contribution in [0.15, 0.2) is 84.0 Å². The van der Waals surface area contributed by atoms with Crippen molar-refractivity contribution in [1.29, 1.82) is 0 Å². The number of nitrogens with zero attached hydrogens (tertiary/aromatic N) is 3. The molecule has 2 heterocycles. The summed E-state index contributed by atoms with van der Waals surface area (Å²) in [5.74, 6) is 0.697. The van der Waals surface area contributed by atoms with E-state index in [0.29, 0.717) is 22.7 Å². The molecule has 6 heteroatoms. The summed E-state index contributed by atoms with van der Waals surface area (Å²) >= 11 is 0. The summed E-state index contributed by atoms with van der Waals surface area (Å²) in [5.41, 5.74) is 1.80. The monoisotopic (exact) mass is 361 g/mol. The molecule has 0 amide bonds. The average Bonchev–Trinajstić information content (AvgIpc) is 3.10. The van der Waals surface area contributed by atoms with Crippen molar-refractivity contribution in [3.05, 3.63) is 95.4 Å². The third-order valence-corrected chi connectivity index (χ3v) is 4.11. The highest BCUT2D eigenvalue weighted by Gasteiger charge is 2.14. The van der Waals surface area contributed by atoms with Gasteiger partial charge in [0.15, 0.2) is 0 Å². The van der Waals surface area contributed by atoms with Crippen molar-refractivity contribution in [2.75, 3.05) is 0 Å². The lowest BCUT2D eigenvalue weighted by Crippen LogP contribution is -2.17. The summed E-state index contributed by atoms with van der Waals surface area (Å²) in [6.07, 6.45) is 5.23. The Bertz CT molecular complexity index is 1130. The van der Waals surface area contributed by atoms with Crippen LogP contribution in [0.4, 0.5) is 4.39 Å². The van der Waals surface area contributed by atoms with Crippen molar-refractivity contribution in [2.24, 2.45) is 7.05 Å². The van der Waals surface area contributed by atoms with Crippen molar-refractivity contribution in [3.8, 4) is 28.3 Å². The molecule has 0 aliphatic carbocycles. The van der Waals surface area contributed by atoms with E-state index < -0.39 is 0 Å². The SMILES string of the molecule is Cn1cc(-c2cn(-c3ccc(F)cc3)c(=O)cc2Oc2ccccc2)cn1. The summed E-state index contributed by atoms with van der Waals surface area (Å²) in [5, 5.41) is 4.20. The number of aromatic nitrogens is 3. The van der Waals surface area contributed by atoms with Gasteiger partial charge in [-0.1, -0.05) is 18.2 Å². The molecule has 0 fully saturated rings. The Morgan fingerprint density at radius 3 is 2.41 bits per heavy atom. The summed E-state index contributed by atoms with van der Waals surface area (Å²) in [7, 11) is 1.82. The molecule has 0 N–H and O–H groups in total. The molecule has 0 aliphatic heterocycles. The van der Waals surface area contributed by atoms with E-state index in [2.05, 4.69) is 5.10 Å². The van der Waals surface area contributed by atoms with Crippen LogP contribution >= 0.6 is 0 Å². The fraction of sp³-hybridized carbons (Fsp3) is 0.0476. The molecular formula is C21H16FN3O2. The van der Waals surface area contributed by atoms with E-state index in [1.807, 2.05) is 43.6 Å². The van der Waals surface area contributed by atoms with E-state index in [-0.39, 0.29) is 11.4 Å². The molecule has 5 nitrogen and oxygen atoms in total. The Morgan fingerprint density at radius 1 is 1.00 bits per heavy atom. The Morgan fingerprint density at radius 2 is 1.74 bits per heavy atom. The summed E-state index contributed by atoms with van der Waals surface area (Å²) in [4.78, 5) is 12.7. The number of rotatable bonds is 4. The molecule has 134 valence electrons. The molecule has 0 atom stereocenters. The maximum atomic E-state index is 13.2. The fourth-order valence-electron chi connectivity index (χ4n) is 2.80. The quantitative estimate of drug-likeness (QED) is 0.548. The Hall–Kier alpha value is -3.67. The van der Waals surface area contributed by atoms with Gasteiger partial charge in [-0.3, -0.25) is 14.0 Å². The first-order chi connectivity index (χ1) is 13.1. The predicted molar refractivity (Wildman–Crippen MR) is 101 cm³/mol. The molecule has 4 rings (SSSR count). The topological polar surface area (TPSA) is 49.0 Å². The second-order valence-electron chi connectivity index (χ2n) is 6.05. The normalized spacial score (nSPS) is 10.7. The Balaban J connectivity index is 1.87. The second-order valence-corrected chi connectivity index (χ2v) is 6.05. The summed E-state index contributed by atoms with van der Waals surface area (Å²) in [6, 6.07) is 16.4. The molecule has 0 bridgehead atoms. The minimum absolute atomic E-state index is 0.278. The lowest BCUT2D eigenvalue weighted by molar-refractivity contribution is 0.482. The zero-order valence-corrected chi connectivity index (χ0v) is 14.5. The standard InChI is InChI=1S/C21H16FN3O2/c1-24-13-15(12-23-24)19-14-25(17-9-7-16(22)8-10-17)21(26)11-20(19)27-18-5-3-2-4-6-18/h2-14H,1H3. The van der Waals surface area contributed by atoms with Crippen LogP contribution in [-0.2, 0) is 7.05 Å². The van der Waals surface area contributed by atoms with Gasteiger partial charge in [-0.2, -0.15) is 5.10 Å². The van der Waals surface area contributed by atoms with Gasteiger partial charge in [0.25, 0.3) is 5.56 Å². The highest BCUT2D eigenvalue weighted by Crippen LogP contribution is 2.32. The largest absolute Gasteiger partial charge is 0.456 e. The minimum Gasteiger partial charge on any atom is -0.456 e. The van der Waals surface area contributed by atoms with E-state index in [0.717, 1.165) is 5.56 Å². The molecule has 0 saturated heterocycles. The van der Waals surface area contributed by atoms with Crippen LogP contribution in [0.25, 0.3) is 16.8 Å². The van der Waals surface area contributed by atoms with Gasteiger partial charge < -0.3 is 4.74 Å². The number of ether oxygens (including phenoxy) is 1. The Kier molecular flexibility index (Phi) is 4.30. The van der Waals surface area contributed by atoms with E-state index in [1.54, 1.807) is 29.2 Å². The van der Waals surface area contributed by atoms with Crippen molar-refractivity contribution in [3.63, 3.8) is 0 Å². The number of hydrogen-bond donors (Lipinski definition) is 0. The molecule has 0 saturated carbocycles. The lowest BCUT2D eigenvalue weighted by Gasteiger charge is -2.13. The first-order valence-electron chi connectivity index (χ1n) is 8.35. The molecule has 4 aromatic rings. The smallest absolute Gasteiger partial charge is 0.258 e. The number of para-hydroxylation sites is 1. The zero-order valence-electron chi connectivity index (χ0n) is 14.5. The van der Waals surface area contributed by atoms with Gasteiger partial charge in [0.05, 0.1) is 6.20 Å². The highest BCUT2D eigenvalue weighted by atomic mass is 19.1. The van der Waals surface area contributed by atoms with Crippen LogP contribution in [0.3, 0.4) is 0 Å². The average molecular weight is 361 g/mol. The first kappa shape index (κ1) is 16.8. The Labute approximate surface area is 154 Å². The zero-order chi connectivity index (χ0) is 18.8. The van der Waals surface area contributed by atoms with Gasteiger partial charge in [0, 0.05) is 42.3 Å². The van der Waals surface area contributed by atoms with E-state index in [1.165, 1.54) is 22.8 Å². The molecule has 2 aromatic carbocycles. The van der Waals surface area contributed by atoms with Gasteiger partial charge in [0.1, 0.15) is 17.3 Å². The second kappa shape index (κ2) is 6.92. The fourth-order valence-corrected chi connectivity index (χ4v) is 2.80. The van der Waals surface area contributed by atoms with Crippen LogP contribution in [0.5, 0.6) is 11.5 Å². The lowest BCUT2D eigenvalue weighted by atomic mass is 10.1. The van der Waals surface area contributed by atoms with Crippen molar-refractivity contribution < 1.29 is 9.13 Å². The number of aryl methyl sites for hydroxylation is 1. The number of benzene rings is 2. The summed E-state index contributed by atoms with van der Waals surface area (Å²) in [6.45, 7) is 0. The molecule has 27 heavy (non-hydrogen) atoms. The van der Waals surface area contributed by atoms with Gasteiger partial charge >= 0.3 is 0 Å². The van der Waals surface area contributed by atoms with Gasteiger partial charge in [0.2, 0.25) is 0 Å². The van der Waals surface area contributed by atoms with E-state index in [4.69, 9.17) is 4.74 Å². The van der Waals surface area contributed by atoms with E-state index >= 15 is 0 Å². The van der Waals surface area contributed by atoms with Crippen LogP contribution < -0.4 is 10.3 Å². The third-order valence-electron chi connectivity index (χ3n) is 4.11. The van der Waals surface area contributed by atoms with E-state index in [9.17, 15) is 9.18 Å². The summed E-state index contributed by atoms with van der Waals surface area (Å²) < 4.78 is 22.3. The van der Waals surface area contributed by atoms with Crippen LogP contribution in [0, 0.1) is 5.82 Å². The maximum absolute atomic E-state index is 13.2. The van der Waals surface area contributed by atoms with Gasteiger partial charge in [-0.25, -0.2) is 4.39 Å². The van der Waals surface area contributed by atoms with Crippen molar-refractivity contribution in [1.82, 2.24) is 14.3 Å². The number of hydrogen-bond acceptors (Lipinski definition) is 3. The predicted octanol–water partition coefficient (Wildman–Crippen LogP) is 4.17. The molecular weight excluding hydrogens is 345 g/mol. The molecule has 0 spiro atoms. The number of halogens is 1. The molecule has 2 aromatic heterocycles. The van der Waals surface area contributed by atoms with Crippen molar-refractivity contribution >= 4 is 0 Å². The third kappa shape index (κ3) is 3.50.